The average Bonchev–Trinajstić information content (AvgIpc) is 2.54. The molecule has 1 aromatic rings. The molecule has 4 nitrogen and oxygen atoms in total. The van der Waals surface area contributed by atoms with Crippen LogP contribution >= 0.6 is 0 Å². The van der Waals surface area contributed by atoms with Gasteiger partial charge in [-0.1, -0.05) is 12.6 Å². The number of hydrogen-bond donors (Lipinski definition) is 1. The van der Waals surface area contributed by atoms with Gasteiger partial charge < -0.3 is 15.0 Å². The van der Waals surface area contributed by atoms with Crippen molar-refractivity contribution in [1.29, 1.82) is 0 Å². The van der Waals surface area contributed by atoms with Crippen LogP contribution in [0.15, 0.2) is 36.0 Å². The monoisotopic (exact) mass is 257 g/mol. The standard InChI is InChI=1S/C15H19N3O/c1-3-18-6-7-19-14-8-11(12-9-17-10-12)4-5-13(14)15(18)16-2/h3-5,8,12,17H,1,6-7,9-10H2,2H3. The summed E-state index contributed by atoms with van der Waals surface area (Å²) < 4.78 is 5.88. The molecular formula is C15H19N3O. The molecule has 0 radical (unpaired) electrons. The molecule has 2 heterocycles. The number of benzene rings is 1. The predicted octanol–water partition coefficient (Wildman–Crippen LogP) is 1.59. The molecule has 19 heavy (non-hydrogen) atoms. The largest absolute Gasteiger partial charge is 0.491 e. The molecule has 0 aromatic heterocycles. The first-order valence-electron chi connectivity index (χ1n) is 6.67. The van der Waals surface area contributed by atoms with Crippen LogP contribution in [0, 0.1) is 0 Å². The zero-order valence-corrected chi connectivity index (χ0v) is 11.2. The van der Waals surface area contributed by atoms with E-state index in [0.29, 0.717) is 12.5 Å². The van der Waals surface area contributed by atoms with Gasteiger partial charge in [-0.2, -0.15) is 0 Å². The Kier molecular flexibility index (Phi) is 3.25. The third-order valence-corrected chi connectivity index (χ3v) is 3.79. The van der Waals surface area contributed by atoms with E-state index in [4.69, 9.17) is 4.74 Å². The summed E-state index contributed by atoms with van der Waals surface area (Å²) in [6.07, 6.45) is 1.81. The van der Waals surface area contributed by atoms with Gasteiger partial charge in [0.2, 0.25) is 0 Å². The highest BCUT2D eigenvalue weighted by Gasteiger charge is 2.23. The Labute approximate surface area is 113 Å². The van der Waals surface area contributed by atoms with Crippen molar-refractivity contribution in [2.75, 3.05) is 33.3 Å². The van der Waals surface area contributed by atoms with E-state index in [2.05, 4.69) is 35.1 Å². The number of ether oxygens (including phenoxy) is 1. The third-order valence-electron chi connectivity index (χ3n) is 3.79. The molecule has 0 bridgehead atoms. The number of nitrogens with zero attached hydrogens (tertiary/aromatic N) is 2. The van der Waals surface area contributed by atoms with Crippen molar-refractivity contribution in [2.24, 2.45) is 4.99 Å². The molecular weight excluding hydrogens is 238 g/mol. The molecule has 0 saturated carbocycles. The summed E-state index contributed by atoms with van der Waals surface area (Å²) >= 11 is 0. The van der Waals surface area contributed by atoms with E-state index in [1.807, 2.05) is 18.1 Å². The molecule has 1 saturated heterocycles. The lowest BCUT2D eigenvalue weighted by molar-refractivity contribution is 0.301. The third kappa shape index (κ3) is 2.12. The Morgan fingerprint density at radius 2 is 2.32 bits per heavy atom. The van der Waals surface area contributed by atoms with Gasteiger partial charge in [0.15, 0.2) is 0 Å². The van der Waals surface area contributed by atoms with Gasteiger partial charge in [-0.15, -0.1) is 0 Å². The van der Waals surface area contributed by atoms with Crippen molar-refractivity contribution in [3.8, 4) is 5.75 Å². The predicted molar refractivity (Wildman–Crippen MR) is 76.9 cm³/mol. The van der Waals surface area contributed by atoms with Crippen LogP contribution in [0.4, 0.5) is 0 Å². The number of aliphatic imine (C=N–C) groups is 1. The second kappa shape index (κ2) is 5.05. The quantitative estimate of drug-likeness (QED) is 0.874. The second-order valence-corrected chi connectivity index (χ2v) is 4.88. The van der Waals surface area contributed by atoms with Crippen LogP contribution in [0.2, 0.25) is 0 Å². The second-order valence-electron chi connectivity index (χ2n) is 4.88. The van der Waals surface area contributed by atoms with E-state index in [1.165, 1.54) is 5.56 Å². The number of fused-ring (bicyclic) bond motifs is 1. The highest BCUT2D eigenvalue weighted by atomic mass is 16.5. The smallest absolute Gasteiger partial charge is 0.138 e. The Morgan fingerprint density at radius 1 is 1.47 bits per heavy atom. The van der Waals surface area contributed by atoms with E-state index < -0.39 is 0 Å². The van der Waals surface area contributed by atoms with Crippen LogP contribution in [0.1, 0.15) is 17.0 Å². The molecule has 3 rings (SSSR count). The molecule has 0 amide bonds. The summed E-state index contributed by atoms with van der Waals surface area (Å²) in [7, 11) is 1.81. The van der Waals surface area contributed by atoms with Gasteiger partial charge in [-0.25, -0.2) is 0 Å². The van der Waals surface area contributed by atoms with Crippen molar-refractivity contribution in [2.45, 2.75) is 5.92 Å². The lowest BCUT2D eigenvalue weighted by Crippen LogP contribution is -2.39. The first-order chi connectivity index (χ1) is 9.33. The van der Waals surface area contributed by atoms with Crippen molar-refractivity contribution in [3.63, 3.8) is 0 Å². The van der Waals surface area contributed by atoms with Crippen LogP contribution in [0.3, 0.4) is 0 Å². The fourth-order valence-corrected chi connectivity index (χ4v) is 2.56. The molecule has 0 unspecified atom stereocenters. The van der Waals surface area contributed by atoms with Crippen LogP contribution in [-0.4, -0.2) is 44.0 Å². The zero-order chi connectivity index (χ0) is 13.2. The Balaban J connectivity index is 2.00. The first kappa shape index (κ1) is 12.2. The average molecular weight is 257 g/mol. The number of rotatable bonds is 2. The van der Waals surface area contributed by atoms with Gasteiger partial charge in [-0.3, -0.25) is 4.99 Å². The summed E-state index contributed by atoms with van der Waals surface area (Å²) in [4.78, 5) is 6.43. The van der Waals surface area contributed by atoms with Gasteiger partial charge in [0.1, 0.15) is 18.2 Å². The van der Waals surface area contributed by atoms with Crippen LogP contribution in [-0.2, 0) is 0 Å². The van der Waals surface area contributed by atoms with Gasteiger partial charge in [0, 0.05) is 26.1 Å². The van der Waals surface area contributed by atoms with Gasteiger partial charge in [0.25, 0.3) is 0 Å². The maximum atomic E-state index is 5.88. The first-order valence-corrected chi connectivity index (χ1v) is 6.67. The Hall–Kier alpha value is -1.81. The summed E-state index contributed by atoms with van der Waals surface area (Å²) in [6, 6.07) is 6.47. The fraction of sp³-hybridized carbons (Fsp3) is 0.400. The fourth-order valence-electron chi connectivity index (χ4n) is 2.56. The Morgan fingerprint density at radius 3 is 2.95 bits per heavy atom. The normalized spacial score (nSPS) is 21.3. The zero-order valence-electron chi connectivity index (χ0n) is 11.2. The molecule has 0 spiro atoms. The molecule has 1 fully saturated rings. The molecule has 0 atom stereocenters. The minimum atomic E-state index is 0.620. The van der Waals surface area contributed by atoms with Crippen molar-refractivity contribution in [1.82, 2.24) is 10.2 Å². The van der Waals surface area contributed by atoms with Crippen molar-refractivity contribution in [3.05, 3.63) is 42.1 Å². The van der Waals surface area contributed by atoms with E-state index in [1.54, 1.807) is 0 Å². The summed E-state index contributed by atoms with van der Waals surface area (Å²) in [5.74, 6) is 2.49. The topological polar surface area (TPSA) is 36.9 Å². The molecule has 0 aliphatic carbocycles. The molecule has 2 aliphatic rings. The van der Waals surface area contributed by atoms with Crippen molar-refractivity contribution >= 4 is 5.84 Å². The Bertz CT molecular complexity index is 520. The number of amidine groups is 1. The molecule has 1 aromatic carbocycles. The van der Waals surface area contributed by atoms with E-state index in [0.717, 1.165) is 36.8 Å². The lowest BCUT2D eigenvalue weighted by atomic mass is 9.92. The minimum Gasteiger partial charge on any atom is -0.491 e. The highest BCUT2D eigenvalue weighted by molar-refractivity contribution is 6.02. The van der Waals surface area contributed by atoms with Crippen LogP contribution in [0.25, 0.3) is 0 Å². The summed E-state index contributed by atoms with van der Waals surface area (Å²) in [6.45, 7) is 7.41. The maximum absolute atomic E-state index is 5.88. The molecule has 4 heteroatoms. The van der Waals surface area contributed by atoms with Gasteiger partial charge in [-0.05, 0) is 23.9 Å². The van der Waals surface area contributed by atoms with Gasteiger partial charge in [0.05, 0.1) is 12.1 Å². The molecule has 2 aliphatic heterocycles. The van der Waals surface area contributed by atoms with Crippen LogP contribution < -0.4 is 10.1 Å². The SMILES string of the molecule is C=CN1CCOc2cc(C3CNC3)ccc2C1=NC. The number of nitrogens with one attached hydrogen (secondary N) is 1. The molecule has 1 N–H and O–H groups in total. The number of hydrogen-bond acceptors (Lipinski definition) is 3. The van der Waals surface area contributed by atoms with Crippen molar-refractivity contribution < 1.29 is 4.74 Å². The van der Waals surface area contributed by atoms with Crippen LogP contribution in [0.5, 0.6) is 5.75 Å². The van der Waals surface area contributed by atoms with E-state index >= 15 is 0 Å². The van der Waals surface area contributed by atoms with Gasteiger partial charge >= 0.3 is 0 Å². The maximum Gasteiger partial charge on any atom is 0.138 e. The lowest BCUT2D eigenvalue weighted by Gasteiger charge is -2.28. The van der Waals surface area contributed by atoms with E-state index in [9.17, 15) is 0 Å². The highest BCUT2D eigenvalue weighted by Crippen LogP contribution is 2.29. The molecule has 100 valence electrons. The van der Waals surface area contributed by atoms with E-state index in [-0.39, 0.29) is 0 Å². The summed E-state index contributed by atoms with van der Waals surface area (Å²) in [5.41, 5.74) is 2.40. The summed E-state index contributed by atoms with van der Waals surface area (Å²) in [5, 5.41) is 3.30. The minimum absolute atomic E-state index is 0.620.